The molecule has 1 saturated carbocycles. The van der Waals surface area contributed by atoms with E-state index in [-0.39, 0.29) is 11.9 Å². The van der Waals surface area contributed by atoms with Crippen molar-refractivity contribution in [2.75, 3.05) is 26.2 Å². The van der Waals surface area contributed by atoms with Crippen molar-refractivity contribution in [3.8, 4) is 17.0 Å². The van der Waals surface area contributed by atoms with Crippen LogP contribution in [0.15, 0.2) is 60.7 Å². The van der Waals surface area contributed by atoms with Crippen molar-refractivity contribution in [1.82, 2.24) is 25.4 Å². The summed E-state index contributed by atoms with van der Waals surface area (Å²) in [6.45, 7) is 3.64. The first-order valence-electron chi connectivity index (χ1n) is 12.6. The number of aromatic amines is 1. The molecule has 3 aliphatic rings. The molecule has 4 heterocycles. The van der Waals surface area contributed by atoms with Gasteiger partial charge in [0.25, 0.3) is 0 Å². The largest absolute Gasteiger partial charge is 0.508 e. The van der Waals surface area contributed by atoms with E-state index in [0.717, 1.165) is 48.5 Å². The van der Waals surface area contributed by atoms with Crippen LogP contribution < -0.4 is 5.32 Å². The Hall–Kier alpha value is -3.26. The van der Waals surface area contributed by atoms with Gasteiger partial charge in [0.2, 0.25) is 0 Å². The van der Waals surface area contributed by atoms with E-state index in [2.05, 4.69) is 56.8 Å². The maximum atomic E-state index is 9.77. The average molecular weight is 468 g/mol. The van der Waals surface area contributed by atoms with Gasteiger partial charge in [0.15, 0.2) is 5.65 Å². The average Bonchev–Trinajstić information content (AvgIpc) is 3.63. The van der Waals surface area contributed by atoms with Gasteiger partial charge in [-0.15, -0.1) is 0 Å². The van der Waals surface area contributed by atoms with Crippen molar-refractivity contribution in [3.63, 3.8) is 0 Å². The van der Waals surface area contributed by atoms with Crippen LogP contribution in [0, 0.1) is 0 Å². The highest BCUT2D eigenvalue weighted by atomic mass is 16.5. The van der Waals surface area contributed by atoms with Crippen LogP contribution in [0.25, 0.3) is 22.3 Å². The molecule has 1 aliphatic carbocycles. The summed E-state index contributed by atoms with van der Waals surface area (Å²) < 4.78 is 6.34. The number of benzene rings is 2. The van der Waals surface area contributed by atoms with Crippen LogP contribution >= 0.6 is 0 Å². The molecule has 178 valence electrons. The van der Waals surface area contributed by atoms with Crippen LogP contribution in [-0.2, 0) is 4.74 Å². The number of nitrogens with one attached hydrogen (secondary N) is 2. The summed E-state index contributed by atoms with van der Waals surface area (Å²) in [5.41, 5.74) is 6.29. The molecule has 2 aliphatic heterocycles. The molecular formula is C28H29N5O2. The van der Waals surface area contributed by atoms with Gasteiger partial charge in [-0.05, 0) is 54.3 Å². The summed E-state index contributed by atoms with van der Waals surface area (Å²) in [7, 11) is 0. The smallest absolute Gasteiger partial charge is 0.182 e. The van der Waals surface area contributed by atoms with Gasteiger partial charge in [-0.3, -0.25) is 10.00 Å². The number of hydrogen-bond acceptors (Lipinski definition) is 6. The summed E-state index contributed by atoms with van der Waals surface area (Å²) in [5, 5.41) is 22.4. The number of ether oxygens (including phenoxy) is 1. The number of aromatic hydroxyl groups is 1. The van der Waals surface area contributed by atoms with Crippen molar-refractivity contribution in [2.24, 2.45) is 0 Å². The normalized spacial score (nSPS) is 25.0. The van der Waals surface area contributed by atoms with Gasteiger partial charge in [-0.1, -0.05) is 30.3 Å². The molecule has 2 saturated heterocycles. The van der Waals surface area contributed by atoms with Crippen molar-refractivity contribution in [2.45, 2.75) is 36.9 Å². The fraction of sp³-hybridized carbons (Fsp3) is 0.357. The Morgan fingerprint density at radius 2 is 1.86 bits per heavy atom. The Bertz CT molecular complexity index is 1350. The summed E-state index contributed by atoms with van der Waals surface area (Å²) in [4.78, 5) is 7.53. The van der Waals surface area contributed by atoms with E-state index in [1.165, 1.54) is 29.7 Å². The molecule has 3 atom stereocenters. The van der Waals surface area contributed by atoms with E-state index >= 15 is 0 Å². The van der Waals surface area contributed by atoms with E-state index in [1.54, 1.807) is 12.1 Å². The molecule has 0 amide bonds. The lowest BCUT2D eigenvalue weighted by Gasteiger charge is -2.49. The highest BCUT2D eigenvalue weighted by Crippen LogP contribution is 2.47. The molecule has 7 heteroatoms. The minimum absolute atomic E-state index is 0.0317. The van der Waals surface area contributed by atoms with Gasteiger partial charge in [-0.2, -0.15) is 5.10 Å². The number of aromatic nitrogens is 3. The highest BCUT2D eigenvalue weighted by molar-refractivity contribution is 5.86. The summed E-state index contributed by atoms with van der Waals surface area (Å²) in [6.07, 6.45) is 2.36. The van der Waals surface area contributed by atoms with E-state index < -0.39 is 0 Å². The topological polar surface area (TPSA) is 86.3 Å². The van der Waals surface area contributed by atoms with E-state index in [9.17, 15) is 5.11 Å². The predicted octanol–water partition coefficient (Wildman–Crippen LogP) is 4.29. The van der Waals surface area contributed by atoms with Gasteiger partial charge < -0.3 is 15.2 Å². The number of pyridine rings is 1. The summed E-state index contributed by atoms with van der Waals surface area (Å²) >= 11 is 0. The fourth-order valence-electron chi connectivity index (χ4n) is 5.70. The first kappa shape index (κ1) is 21.1. The number of piperazine rings is 1. The monoisotopic (exact) mass is 467 g/mol. The van der Waals surface area contributed by atoms with Crippen LogP contribution in [0.4, 0.5) is 0 Å². The third-order valence-corrected chi connectivity index (χ3v) is 7.73. The SMILES string of the molecule is Oc1ccc(-c2cc(C3OCC3N3CCNCC3c3ccccc3)c3c(C4CC4)[nH]nc3n2)cc1. The van der Waals surface area contributed by atoms with Crippen LogP contribution in [0.2, 0.25) is 0 Å². The quantitative estimate of drug-likeness (QED) is 0.406. The number of nitrogens with zero attached hydrogens (tertiary/aromatic N) is 3. The molecule has 0 bridgehead atoms. The second-order valence-corrected chi connectivity index (χ2v) is 9.94. The molecule has 3 unspecified atom stereocenters. The lowest BCUT2D eigenvalue weighted by atomic mass is 9.90. The first-order chi connectivity index (χ1) is 17.3. The number of H-pyrrole nitrogens is 1. The van der Waals surface area contributed by atoms with Crippen molar-refractivity contribution < 1.29 is 9.84 Å². The standard InChI is InChI=1S/C28H29N5O2/c34-20-10-8-17(9-11-20)22-14-21(25-26(19-6-7-19)31-32-28(25)30-22)27-24(16-35-27)33-13-12-29-15-23(33)18-4-2-1-3-5-18/h1-5,8-11,14,19,23-24,27,29,34H,6-7,12-13,15-16H2,(H,30,31,32). The third-order valence-electron chi connectivity index (χ3n) is 7.73. The lowest BCUT2D eigenvalue weighted by Crippen LogP contribution is -2.58. The molecule has 3 N–H and O–H groups in total. The molecule has 7 nitrogen and oxygen atoms in total. The Kier molecular flexibility index (Phi) is 5.08. The van der Waals surface area contributed by atoms with Crippen LogP contribution in [0.1, 0.15) is 47.7 Å². The van der Waals surface area contributed by atoms with Gasteiger partial charge in [0.05, 0.1) is 18.3 Å². The van der Waals surface area contributed by atoms with Crippen molar-refractivity contribution in [1.29, 1.82) is 0 Å². The molecule has 3 fully saturated rings. The number of fused-ring (bicyclic) bond motifs is 1. The van der Waals surface area contributed by atoms with Crippen molar-refractivity contribution >= 4 is 11.0 Å². The van der Waals surface area contributed by atoms with Gasteiger partial charge in [0.1, 0.15) is 11.9 Å². The van der Waals surface area contributed by atoms with Crippen LogP contribution in [-0.4, -0.2) is 57.5 Å². The van der Waals surface area contributed by atoms with Gasteiger partial charge in [0, 0.05) is 48.2 Å². The molecule has 35 heavy (non-hydrogen) atoms. The van der Waals surface area contributed by atoms with E-state index in [4.69, 9.17) is 9.72 Å². The Balaban J connectivity index is 1.31. The zero-order chi connectivity index (χ0) is 23.4. The van der Waals surface area contributed by atoms with Crippen molar-refractivity contribution in [3.05, 3.63) is 77.5 Å². The molecular weight excluding hydrogens is 438 g/mol. The van der Waals surface area contributed by atoms with Crippen LogP contribution in [0.3, 0.4) is 0 Å². The Morgan fingerprint density at radius 3 is 2.60 bits per heavy atom. The lowest BCUT2D eigenvalue weighted by molar-refractivity contribution is -0.151. The molecule has 2 aromatic carbocycles. The zero-order valence-corrected chi connectivity index (χ0v) is 19.5. The maximum Gasteiger partial charge on any atom is 0.182 e. The Labute approximate surface area is 204 Å². The maximum absolute atomic E-state index is 9.77. The van der Waals surface area contributed by atoms with Gasteiger partial charge in [-0.25, -0.2) is 4.98 Å². The Morgan fingerprint density at radius 1 is 1.03 bits per heavy atom. The zero-order valence-electron chi connectivity index (χ0n) is 19.5. The minimum Gasteiger partial charge on any atom is -0.508 e. The van der Waals surface area contributed by atoms with E-state index in [0.29, 0.717) is 18.0 Å². The minimum atomic E-state index is -0.0317. The second kappa shape index (κ2) is 8.45. The number of phenolic OH excluding ortho intramolecular Hbond substituents is 1. The fourth-order valence-corrected chi connectivity index (χ4v) is 5.70. The van der Waals surface area contributed by atoms with E-state index in [1.807, 2.05) is 12.1 Å². The van der Waals surface area contributed by atoms with Gasteiger partial charge >= 0.3 is 0 Å². The number of phenols is 1. The number of hydrogen-bond donors (Lipinski definition) is 3. The molecule has 2 aromatic heterocycles. The first-order valence-corrected chi connectivity index (χ1v) is 12.6. The molecule has 0 spiro atoms. The third kappa shape index (κ3) is 3.71. The van der Waals surface area contributed by atoms with Crippen LogP contribution in [0.5, 0.6) is 5.75 Å². The number of rotatable bonds is 5. The molecule has 4 aromatic rings. The summed E-state index contributed by atoms with van der Waals surface area (Å²) in [6, 6.07) is 20.8. The molecule has 7 rings (SSSR count). The second-order valence-electron chi connectivity index (χ2n) is 9.94. The molecule has 0 radical (unpaired) electrons. The summed E-state index contributed by atoms with van der Waals surface area (Å²) in [5.74, 6) is 0.786. The predicted molar refractivity (Wildman–Crippen MR) is 134 cm³/mol. The highest BCUT2D eigenvalue weighted by Gasteiger charge is 2.44.